The molecule has 0 bridgehead atoms. The van der Waals surface area contributed by atoms with Crippen LogP contribution in [0.25, 0.3) is 0 Å². The molecule has 1 aromatic heterocycles. The molecule has 0 unspecified atom stereocenters. The molecule has 0 aliphatic carbocycles. The molecule has 0 radical (unpaired) electrons. The monoisotopic (exact) mass is 456 g/mol. The fraction of sp³-hybridized carbons (Fsp3) is 0.550. The number of nitrogens with one attached hydrogen (secondary N) is 1. The van der Waals surface area contributed by atoms with Gasteiger partial charge in [0.15, 0.2) is 5.82 Å². The van der Waals surface area contributed by atoms with Crippen molar-refractivity contribution < 1.29 is 17.7 Å². The first kappa shape index (κ1) is 24.3. The zero-order valence-electron chi connectivity index (χ0n) is 18.0. The van der Waals surface area contributed by atoms with E-state index in [-0.39, 0.29) is 27.7 Å². The maximum Gasteiger partial charge on any atom is 0.244 e. The van der Waals surface area contributed by atoms with E-state index in [2.05, 4.69) is 15.5 Å². The number of nitrogens with zero attached hydrogens (tertiary/aromatic N) is 3. The number of rotatable bonds is 9. The summed E-state index contributed by atoms with van der Waals surface area (Å²) in [5, 5.41) is 6.80. The molecule has 0 atom stereocenters. The number of hydrogen-bond donors (Lipinski definition) is 1. The Balaban J connectivity index is 1.99. The Labute approximate surface area is 183 Å². The van der Waals surface area contributed by atoms with Crippen LogP contribution in [0.15, 0.2) is 27.6 Å². The molecule has 2 rings (SSSR count). The quantitative estimate of drug-likeness (QED) is 0.611. The van der Waals surface area contributed by atoms with E-state index in [9.17, 15) is 13.2 Å². The lowest BCUT2D eigenvalue weighted by molar-refractivity contribution is -0.116. The normalized spacial score (nSPS) is 12.4. The highest BCUT2D eigenvalue weighted by Gasteiger charge is 2.25. The molecular formula is C20H29ClN4O4S. The van der Waals surface area contributed by atoms with Crippen LogP contribution in [-0.4, -0.2) is 41.9 Å². The van der Waals surface area contributed by atoms with Gasteiger partial charge in [-0.25, -0.2) is 8.42 Å². The molecule has 0 saturated heterocycles. The minimum absolute atomic E-state index is 0.0220. The number of anilines is 1. The fourth-order valence-electron chi connectivity index (χ4n) is 2.77. The van der Waals surface area contributed by atoms with Crippen molar-refractivity contribution in [2.24, 2.45) is 0 Å². The molecule has 10 heteroatoms. The van der Waals surface area contributed by atoms with Crippen molar-refractivity contribution in [3.8, 4) is 0 Å². The first-order valence-corrected chi connectivity index (χ1v) is 11.7. The highest BCUT2D eigenvalue weighted by molar-refractivity contribution is 7.89. The van der Waals surface area contributed by atoms with Crippen LogP contribution in [0.4, 0.5) is 5.69 Å². The van der Waals surface area contributed by atoms with Gasteiger partial charge in [-0.05, 0) is 24.6 Å². The Morgan fingerprint density at radius 3 is 2.47 bits per heavy atom. The van der Waals surface area contributed by atoms with Gasteiger partial charge < -0.3 is 9.84 Å². The SMILES string of the molecule is CCN(CC)S(=O)(=O)c1cc(NC(=O)CCCc2nc(C(C)(C)C)no2)ccc1Cl. The molecule has 1 N–H and O–H groups in total. The predicted molar refractivity (Wildman–Crippen MR) is 116 cm³/mol. The molecule has 2 aromatic rings. The number of aromatic nitrogens is 2. The second kappa shape index (κ2) is 9.89. The summed E-state index contributed by atoms with van der Waals surface area (Å²) in [5.74, 6) is 0.885. The van der Waals surface area contributed by atoms with E-state index >= 15 is 0 Å². The van der Waals surface area contributed by atoms with Crippen LogP contribution >= 0.6 is 11.6 Å². The predicted octanol–water partition coefficient (Wildman–Crippen LogP) is 4.01. The van der Waals surface area contributed by atoms with Gasteiger partial charge in [0.05, 0.1) is 5.02 Å². The van der Waals surface area contributed by atoms with Gasteiger partial charge in [-0.3, -0.25) is 4.79 Å². The molecule has 166 valence electrons. The number of halogens is 1. The van der Waals surface area contributed by atoms with Gasteiger partial charge in [0.25, 0.3) is 0 Å². The Morgan fingerprint density at radius 2 is 1.90 bits per heavy atom. The Hall–Kier alpha value is -1.97. The third kappa shape index (κ3) is 6.02. The van der Waals surface area contributed by atoms with Crippen LogP contribution in [0.2, 0.25) is 5.02 Å². The van der Waals surface area contributed by atoms with Gasteiger partial charge in [-0.15, -0.1) is 0 Å². The van der Waals surface area contributed by atoms with E-state index in [4.69, 9.17) is 16.1 Å². The maximum absolute atomic E-state index is 12.8. The molecule has 30 heavy (non-hydrogen) atoms. The van der Waals surface area contributed by atoms with E-state index in [0.717, 1.165) is 0 Å². The zero-order valence-corrected chi connectivity index (χ0v) is 19.6. The second-order valence-corrected chi connectivity index (χ2v) is 10.2. The van der Waals surface area contributed by atoms with Crippen molar-refractivity contribution in [1.29, 1.82) is 0 Å². The van der Waals surface area contributed by atoms with Crippen LogP contribution < -0.4 is 5.32 Å². The minimum Gasteiger partial charge on any atom is -0.339 e. The molecule has 0 aliphatic rings. The van der Waals surface area contributed by atoms with Crippen LogP contribution in [0, 0.1) is 0 Å². The largest absolute Gasteiger partial charge is 0.339 e. The summed E-state index contributed by atoms with van der Waals surface area (Å²) in [6.45, 7) is 10.2. The standard InChI is InChI=1S/C20H29ClN4O4S/c1-6-25(7-2)30(27,28)16-13-14(11-12-15(16)21)22-17(26)9-8-10-18-23-19(24-29-18)20(3,4)5/h11-13H,6-10H2,1-5H3,(H,22,26). The van der Waals surface area contributed by atoms with Crippen LogP contribution in [0.1, 0.15) is 59.2 Å². The summed E-state index contributed by atoms with van der Waals surface area (Å²) in [7, 11) is -3.73. The highest BCUT2D eigenvalue weighted by Crippen LogP contribution is 2.28. The molecule has 1 heterocycles. The van der Waals surface area contributed by atoms with E-state index in [0.29, 0.717) is 43.3 Å². The van der Waals surface area contributed by atoms with E-state index in [1.165, 1.54) is 16.4 Å². The molecule has 0 spiro atoms. The number of benzene rings is 1. The average molecular weight is 457 g/mol. The lowest BCUT2D eigenvalue weighted by Crippen LogP contribution is -2.30. The lowest BCUT2D eigenvalue weighted by atomic mass is 9.96. The molecule has 0 saturated carbocycles. The van der Waals surface area contributed by atoms with Gasteiger partial charge in [-0.1, -0.05) is 51.4 Å². The Kier molecular flexibility index (Phi) is 8.01. The average Bonchev–Trinajstić information content (AvgIpc) is 3.13. The zero-order chi connectivity index (χ0) is 22.5. The van der Waals surface area contributed by atoms with Crippen LogP contribution in [0.5, 0.6) is 0 Å². The topological polar surface area (TPSA) is 105 Å². The van der Waals surface area contributed by atoms with Crippen molar-refractivity contribution in [3.05, 3.63) is 34.9 Å². The Morgan fingerprint density at radius 1 is 1.23 bits per heavy atom. The minimum atomic E-state index is -3.73. The number of sulfonamides is 1. The smallest absolute Gasteiger partial charge is 0.244 e. The van der Waals surface area contributed by atoms with Crippen molar-refractivity contribution in [3.63, 3.8) is 0 Å². The number of aryl methyl sites for hydroxylation is 1. The molecule has 1 amide bonds. The van der Waals surface area contributed by atoms with E-state index in [1.807, 2.05) is 20.8 Å². The number of hydrogen-bond acceptors (Lipinski definition) is 6. The van der Waals surface area contributed by atoms with Crippen molar-refractivity contribution in [2.75, 3.05) is 18.4 Å². The van der Waals surface area contributed by atoms with Crippen LogP contribution in [-0.2, 0) is 26.7 Å². The summed E-state index contributed by atoms with van der Waals surface area (Å²) < 4.78 is 32.1. The van der Waals surface area contributed by atoms with E-state index in [1.54, 1.807) is 19.9 Å². The Bertz CT molecular complexity index is 979. The van der Waals surface area contributed by atoms with Gasteiger partial charge in [-0.2, -0.15) is 9.29 Å². The van der Waals surface area contributed by atoms with Gasteiger partial charge in [0, 0.05) is 37.0 Å². The maximum atomic E-state index is 12.8. The van der Waals surface area contributed by atoms with E-state index < -0.39 is 10.0 Å². The van der Waals surface area contributed by atoms with Crippen molar-refractivity contribution in [2.45, 2.75) is 64.2 Å². The second-order valence-electron chi connectivity index (χ2n) is 7.90. The summed E-state index contributed by atoms with van der Waals surface area (Å²) in [5.41, 5.74) is 0.180. The third-order valence-electron chi connectivity index (χ3n) is 4.47. The summed E-state index contributed by atoms with van der Waals surface area (Å²) in [6.07, 6.45) is 1.24. The van der Waals surface area contributed by atoms with Crippen molar-refractivity contribution in [1.82, 2.24) is 14.4 Å². The fourth-order valence-corrected chi connectivity index (χ4v) is 4.72. The van der Waals surface area contributed by atoms with Gasteiger partial charge >= 0.3 is 0 Å². The van der Waals surface area contributed by atoms with Crippen LogP contribution in [0.3, 0.4) is 0 Å². The number of carbonyl (C=O) groups excluding carboxylic acids is 1. The number of carbonyl (C=O) groups is 1. The molecule has 0 fully saturated rings. The summed E-state index contributed by atoms with van der Waals surface area (Å²) >= 11 is 6.12. The molecule has 0 aliphatic heterocycles. The first-order valence-electron chi connectivity index (χ1n) is 9.91. The lowest BCUT2D eigenvalue weighted by Gasteiger charge is -2.19. The van der Waals surface area contributed by atoms with Gasteiger partial charge in [0.2, 0.25) is 21.8 Å². The third-order valence-corrected chi connectivity index (χ3v) is 7.00. The molecular weight excluding hydrogens is 428 g/mol. The summed E-state index contributed by atoms with van der Waals surface area (Å²) in [4.78, 5) is 16.6. The van der Waals surface area contributed by atoms with Gasteiger partial charge in [0.1, 0.15) is 4.90 Å². The molecule has 1 aromatic carbocycles. The highest BCUT2D eigenvalue weighted by atomic mass is 35.5. The molecule has 8 nitrogen and oxygen atoms in total. The number of amides is 1. The first-order chi connectivity index (χ1) is 14.0. The van der Waals surface area contributed by atoms with Crippen molar-refractivity contribution >= 4 is 33.2 Å². The summed E-state index contributed by atoms with van der Waals surface area (Å²) in [6, 6.07) is 4.44.